The number of halogens is 3. The van der Waals surface area contributed by atoms with Gasteiger partial charge in [-0.2, -0.15) is 4.39 Å². The molecule has 0 spiro atoms. The highest BCUT2D eigenvalue weighted by molar-refractivity contribution is 6.31. The van der Waals surface area contributed by atoms with Crippen LogP contribution in [0.3, 0.4) is 0 Å². The molecule has 5 atom stereocenters. The first-order valence-corrected chi connectivity index (χ1v) is 16.4. The summed E-state index contributed by atoms with van der Waals surface area (Å²) in [7, 11) is 0. The van der Waals surface area contributed by atoms with Crippen molar-refractivity contribution >= 4 is 11.6 Å². The van der Waals surface area contributed by atoms with Crippen LogP contribution in [-0.4, -0.2) is 68.7 Å². The van der Waals surface area contributed by atoms with E-state index in [4.69, 9.17) is 40.0 Å². The van der Waals surface area contributed by atoms with E-state index in [2.05, 4.69) is 20.8 Å². The molecule has 2 bridgehead atoms. The summed E-state index contributed by atoms with van der Waals surface area (Å²) < 4.78 is 67.8. The highest BCUT2D eigenvalue weighted by atomic mass is 35.5. The molecule has 2 fully saturated rings. The third kappa shape index (κ3) is 7.25. The SMILES string of the molecule is CCCCO[C@@H]1[C@@H](OCCCC)[C@@]2(c3ccc(Cl)c(Cc4ccc(OCC)c(F)c4F)c3)OC[C@](CO)(O2)[C@H]1OCCCC. The van der Waals surface area contributed by atoms with Gasteiger partial charge in [-0.3, -0.25) is 0 Å². The third-order valence-corrected chi connectivity index (χ3v) is 8.67. The number of aliphatic hydroxyl groups is 1. The quantitative estimate of drug-likeness (QED) is 0.174. The number of fused-ring (bicyclic) bond motifs is 2. The molecule has 0 amide bonds. The van der Waals surface area contributed by atoms with Crippen LogP contribution in [-0.2, 0) is 35.9 Å². The van der Waals surface area contributed by atoms with Gasteiger partial charge in [0.1, 0.15) is 23.9 Å². The summed E-state index contributed by atoms with van der Waals surface area (Å²) in [5.74, 6) is -3.62. The average Bonchev–Trinajstić information content (AvgIpc) is 3.39. The lowest BCUT2D eigenvalue weighted by molar-refractivity contribution is -0.349. The fourth-order valence-electron chi connectivity index (χ4n) is 5.83. The molecule has 2 aliphatic heterocycles. The molecule has 2 aromatic rings. The van der Waals surface area contributed by atoms with Crippen molar-refractivity contribution in [3.05, 3.63) is 63.7 Å². The maximum Gasteiger partial charge on any atom is 0.225 e. The number of unbranched alkanes of at least 4 members (excludes halogenated alkanes) is 3. The predicted octanol–water partition coefficient (Wildman–Crippen LogP) is 7.11. The fraction of sp³-hybridized carbons (Fsp3) is 0.647. The van der Waals surface area contributed by atoms with E-state index in [1.807, 2.05) is 0 Å². The molecule has 0 unspecified atom stereocenters. The van der Waals surface area contributed by atoms with Gasteiger partial charge in [0.15, 0.2) is 11.6 Å². The Bertz CT molecular complexity index is 1220. The molecule has 2 aliphatic rings. The van der Waals surface area contributed by atoms with E-state index in [0.717, 1.165) is 38.5 Å². The van der Waals surface area contributed by atoms with Crippen molar-refractivity contribution in [2.75, 3.05) is 39.6 Å². The first kappa shape index (κ1) is 35.0. The zero-order valence-corrected chi connectivity index (χ0v) is 27.1. The van der Waals surface area contributed by atoms with E-state index in [1.165, 1.54) is 12.1 Å². The molecular formula is C34H47ClF2O7. The summed E-state index contributed by atoms with van der Waals surface area (Å²) in [6, 6.07) is 8.17. The molecule has 0 radical (unpaired) electrons. The van der Waals surface area contributed by atoms with E-state index in [-0.39, 0.29) is 37.6 Å². The van der Waals surface area contributed by atoms with Crippen molar-refractivity contribution in [2.45, 2.75) is 102 Å². The molecule has 0 aromatic heterocycles. The van der Waals surface area contributed by atoms with Gasteiger partial charge in [0, 0.05) is 36.8 Å². The fourth-order valence-corrected chi connectivity index (χ4v) is 6.01. The lowest BCUT2D eigenvalue weighted by atomic mass is 9.83. The molecule has 0 aliphatic carbocycles. The van der Waals surface area contributed by atoms with E-state index in [9.17, 15) is 9.50 Å². The van der Waals surface area contributed by atoms with Crippen molar-refractivity contribution < 1.29 is 42.3 Å². The Morgan fingerprint density at radius 3 is 2.16 bits per heavy atom. The lowest BCUT2D eigenvalue weighted by Gasteiger charge is -2.50. The summed E-state index contributed by atoms with van der Waals surface area (Å²) >= 11 is 6.62. The molecule has 2 aromatic carbocycles. The van der Waals surface area contributed by atoms with Crippen molar-refractivity contribution in [3.63, 3.8) is 0 Å². The molecule has 4 rings (SSSR count). The molecule has 7 nitrogen and oxygen atoms in total. The number of aliphatic hydroxyl groups excluding tert-OH is 1. The Hall–Kier alpha value is -1.85. The lowest BCUT2D eigenvalue weighted by Crippen LogP contribution is -2.67. The Balaban J connectivity index is 1.76. The second kappa shape index (κ2) is 16.1. The molecule has 2 saturated heterocycles. The third-order valence-electron chi connectivity index (χ3n) is 8.30. The standard InChI is InChI=1S/C34H47ClF2O7/c1-5-9-16-40-30-31(41-17-10-6-2)33(21-38)22-43-34(44-33,32(30)42-18-11-7-3)25-13-14-26(35)24(20-25)19-23-12-15-27(39-8-4)29(37)28(23)36/h12-15,20,30-32,38H,5-11,16-19,21-22H2,1-4H3/t30-,31-,32+,33-,34-/m0/s1. The number of benzene rings is 2. The number of ether oxygens (including phenoxy) is 6. The summed E-state index contributed by atoms with van der Waals surface area (Å²) in [6.45, 7) is 9.29. The Morgan fingerprint density at radius 2 is 1.52 bits per heavy atom. The van der Waals surface area contributed by atoms with Crippen molar-refractivity contribution in [2.24, 2.45) is 0 Å². The minimum absolute atomic E-state index is 0.0175. The summed E-state index contributed by atoms with van der Waals surface area (Å²) in [5, 5.41) is 11.1. The van der Waals surface area contributed by atoms with Gasteiger partial charge >= 0.3 is 0 Å². The highest BCUT2D eigenvalue weighted by Crippen LogP contribution is 2.52. The summed E-state index contributed by atoms with van der Waals surface area (Å²) in [6.07, 6.45) is 3.36. The molecule has 44 heavy (non-hydrogen) atoms. The molecule has 1 N–H and O–H groups in total. The van der Waals surface area contributed by atoms with Gasteiger partial charge in [0.25, 0.3) is 0 Å². The maximum atomic E-state index is 15.1. The van der Waals surface area contributed by atoms with E-state index in [0.29, 0.717) is 36.0 Å². The number of hydrogen-bond acceptors (Lipinski definition) is 7. The van der Waals surface area contributed by atoms with E-state index < -0.39 is 41.3 Å². The van der Waals surface area contributed by atoms with Crippen molar-refractivity contribution in [1.29, 1.82) is 0 Å². The number of hydrogen-bond donors (Lipinski definition) is 1. The van der Waals surface area contributed by atoms with Gasteiger partial charge in [-0.25, -0.2) is 4.39 Å². The largest absolute Gasteiger partial charge is 0.491 e. The molecule has 0 saturated carbocycles. The van der Waals surface area contributed by atoms with Gasteiger partial charge in [-0.05, 0) is 55.5 Å². The molecule has 2 heterocycles. The first-order valence-electron chi connectivity index (χ1n) is 16.0. The van der Waals surface area contributed by atoms with Crippen molar-refractivity contribution in [1.82, 2.24) is 0 Å². The number of rotatable bonds is 18. The van der Waals surface area contributed by atoms with Gasteiger partial charge in [-0.15, -0.1) is 0 Å². The van der Waals surface area contributed by atoms with Crippen molar-refractivity contribution in [3.8, 4) is 5.75 Å². The Kier molecular flexibility index (Phi) is 12.8. The second-order valence-electron chi connectivity index (χ2n) is 11.5. The Labute approximate surface area is 265 Å². The topological polar surface area (TPSA) is 75.6 Å². The van der Waals surface area contributed by atoms with E-state index >= 15 is 4.39 Å². The van der Waals surface area contributed by atoms with Gasteiger partial charge in [0.05, 0.1) is 19.8 Å². The maximum absolute atomic E-state index is 15.1. The first-order chi connectivity index (χ1) is 21.3. The zero-order chi connectivity index (χ0) is 31.7. The van der Waals surface area contributed by atoms with Crippen LogP contribution in [0.4, 0.5) is 8.78 Å². The molecular weight excluding hydrogens is 594 g/mol. The van der Waals surface area contributed by atoms with Crippen LogP contribution in [0.2, 0.25) is 5.02 Å². The van der Waals surface area contributed by atoms with Crippen LogP contribution >= 0.6 is 11.6 Å². The zero-order valence-electron chi connectivity index (χ0n) is 26.3. The van der Waals surface area contributed by atoms with Crippen LogP contribution in [0.15, 0.2) is 30.3 Å². The van der Waals surface area contributed by atoms with Crippen LogP contribution in [0, 0.1) is 11.6 Å². The van der Waals surface area contributed by atoms with E-state index in [1.54, 1.807) is 25.1 Å². The van der Waals surface area contributed by atoms with Gasteiger partial charge in [-0.1, -0.05) is 63.8 Å². The van der Waals surface area contributed by atoms with Gasteiger partial charge in [0.2, 0.25) is 11.6 Å². The molecule has 246 valence electrons. The van der Waals surface area contributed by atoms with Crippen LogP contribution in [0.25, 0.3) is 0 Å². The van der Waals surface area contributed by atoms with Crippen LogP contribution < -0.4 is 4.74 Å². The van der Waals surface area contributed by atoms with Gasteiger partial charge < -0.3 is 33.5 Å². The smallest absolute Gasteiger partial charge is 0.225 e. The minimum atomic E-state index is -1.46. The normalized spacial score (nSPS) is 26.3. The monoisotopic (exact) mass is 640 g/mol. The van der Waals surface area contributed by atoms with Crippen LogP contribution in [0.1, 0.15) is 82.9 Å². The summed E-state index contributed by atoms with van der Waals surface area (Å²) in [4.78, 5) is 0. The second-order valence-corrected chi connectivity index (χ2v) is 11.9. The minimum Gasteiger partial charge on any atom is -0.491 e. The Morgan fingerprint density at radius 1 is 0.864 bits per heavy atom. The highest BCUT2D eigenvalue weighted by Gasteiger charge is 2.69. The molecule has 10 heteroatoms. The van der Waals surface area contributed by atoms with Crippen LogP contribution in [0.5, 0.6) is 5.75 Å². The predicted molar refractivity (Wildman–Crippen MR) is 164 cm³/mol. The average molecular weight is 641 g/mol. The summed E-state index contributed by atoms with van der Waals surface area (Å²) in [5.41, 5.74) is 0.0628.